The van der Waals surface area contributed by atoms with E-state index in [1.54, 1.807) is 0 Å². The van der Waals surface area contributed by atoms with Gasteiger partial charge in [-0.2, -0.15) is 0 Å². The SMILES string of the molecule is O=c1cc(COCCOC2CCCCO2)nc[nH]1. The van der Waals surface area contributed by atoms with Crippen LogP contribution in [0.15, 0.2) is 17.2 Å². The van der Waals surface area contributed by atoms with Gasteiger partial charge in [0.25, 0.3) is 5.56 Å². The Balaban J connectivity index is 1.57. The molecule has 2 heterocycles. The number of rotatable bonds is 6. The summed E-state index contributed by atoms with van der Waals surface area (Å²) < 4.78 is 16.3. The number of hydrogen-bond acceptors (Lipinski definition) is 5. The molecule has 0 amide bonds. The van der Waals surface area contributed by atoms with E-state index >= 15 is 0 Å². The van der Waals surface area contributed by atoms with E-state index in [0.717, 1.165) is 25.9 Å². The van der Waals surface area contributed by atoms with Gasteiger partial charge < -0.3 is 19.2 Å². The van der Waals surface area contributed by atoms with Crippen LogP contribution < -0.4 is 5.56 Å². The van der Waals surface area contributed by atoms with E-state index in [-0.39, 0.29) is 11.8 Å². The predicted octanol–water partition coefficient (Wildman–Crippen LogP) is 0.830. The van der Waals surface area contributed by atoms with Crippen LogP contribution in [0, 0.1) is 0 Å². The summed E-state index contributed by atoms with van der Waals surface area (Å²) in [7, 11) is 0. The van der Waals surface area contributed by atoms with Crippen LogP contribution in [0.3, 0.4) is 0 Å². The van der Waals surface area contributed by atoms with E-state index in [0.29, 0.717) is 25.5 Å². The molecule has 0 bridgehead atoms. The average Bonchev–Trinajstić information content (AvgIpc) is 2.40. The van der Waals surface area contributed by atoms with Gasteiger partial charge in [0.2, 0.25) is 0 Å². The van der Waals surface area contributed by atoms with Gasteiger partial charge in [0, 0.05) is 12.7 Å². The fourth-order valence-corrected chi connectivity index (χ4v) is 1.75. The van der Waals surface area contributed by atoms with E-state index < -0.39 is 0 Å². The first-order valence-corrected chi connectivity index (χ1v) is 6.19. The molecule has 0 spiro atoms. The second-order valence-electron chi connectivity index (χ2n) is 4.12. The summed E-state index contributed by atoms with van der Waals surface area (Å²) in [5.74, 6) is 0. The summed E-state index contributed by atoms with van der Waals surface area (Å²) in [5.41, 5.74) is 0.447. The Kier molecular flexibility index (Phi) is 5.32. The molecular formula is C12H18N2O4. The van der Waals surface area contributed by atoms with Crippen LogP contribution in [0.4, 0.5) is 0 Å². The molecule has 0 aliphatic carbocycles. The van der Waals surface area contributed by atoms with Crippen molar-refractivity contribution in [2.24, 2.45) is 0 Å². The molecule has 1 aliphatic rings. The number of ether oxygens (including phenoxy) is 3. The van der Waals surface area contributed by atoms with Crippen LogP contribution in [0.2, 0.25) is 0 Å². The van der Waals surface area contributed by atoms with Crippen molar-refractivity contribution in [1.29, 1.82) is 0 Å². The molecule has 0 radical (unpaired) electrons. The molecule has 18 heavy (non-hydrogen) atoms. The molecule has 1 aromatic heterocycles. The molecule has 1 N–H and O–H groups in total. The first kappa shape index (κ1) is 13.2. The van der Waals surface area contributed by atoms with Crippen molar-refractivity contribution in [2.45, 2.75) is 32.2 Å². The van der Waals surface area contributed by atoms with Crippen LogP contribution in [0.1, 0.15) is 25.0 Å². The van der Waals surface area contributed by atoms with Crippen molar-refractivity contribution >= 4 is 0 Å². The summed E-state index contributed by atoms with van der Waals surface area (Å²) in [4.78, 5) is 17.4. The number of nitrogens with zero attached hydrogens (tertiary/aromatic N) is 1. The van der Waals surface area contributed by atoms with Crippen LogP contribution >= 0.6 is 0 Å². The quantitative estimate of drug-likeness (QED) is 0.761. The molecule has 0 saturated carbocycles. The lowest BCUT2D eigenvalue weighted by Crippen LogP contribution is -2.24. The minimum Gasteiger partial charge on any atom is -0.373 e. The molecular weight excluding hydrogens is 236 g/mol. The van der Waals surface area contributed by atoms with Crippen molar-refractivity contribution in [3.8, 4) is 0 Å². The van der Waals surface area contributed by atoms with Crippen molar-refractivity contribution < 1.29 is 14.2 Å². The van der Waals surface area contributed by atoms with Crippen molar-refractivity contribution in [1.82, 2.24) is 9.97 Å². The van der Waals surface area contributed by atoms with Gasteiger partial charge in [-0.05, 0) is 19.3 Å². The average molecular weight is 254 g/mol. The lowest BCUT2D eigenvalue weighted by atomic mass is 10.2. The Morgan fingerprint density at radius 3 is 3.17 bits per heavy atom. The second kappa shape index (κ2) is 7.25. The molecule has 1 aliphatic heterocycles. The number of aromatic nitrogens is 2. The maximum absolute atomic E-state index is 11.0. The molecule has 1 atom stereocenters. The number of hydrogen-bond donors (Lipinski definition) is 1. The standard InChI is InChI=1S/C12H18N2O4/c15-11-7-10(13-9-14-11)8-16-5-6-18-12-3-1-2-4-17-12/h7,9,12H,1-6,8H2,(H,13,14,15). The minimum absolute atomic E-state index is 0.0833. The van der Waals surface area contributed by atoms with Crippen LogP contribution in [-0.4, -0.2) is 36.1 Å². The van der Waals surface area contributed by atoms with Crippen LogP contribution in [-0.2, 0) is 20.8 Å². The maximum Gasteiger partial charge on any atom is 0.250 e. The zero-order valence-electron chi connectivity index (χ0n) is 10.3. The summed E-state index contributed by atoms with van der Waals surface area (Å²) in [6.45, 7) is 2.06. The lowest BCUT2D eigenvalue weighted by Gasteiger charge is -2.22. The van der Waals surface area contributed by atoms with Gasteiger partial charge in [-0.3, -0.25) is 4.79 Å². The Morgan fingerprint density at radius 2 is 2.39 bits per heavy atom. The normalized spacial score (nSPS) is 19.9. The van der Waals surface area contributed by atoms with Crippen LogP contribution in [0.25, 0.3) is 0 Å². The zero-order chi connectivity index (χ0) is 12.6. The highest BCUT2D eigenvalue weighted by Gasteiger charge is 2.13. The first-order valence-electron chi connectivity index (χ1n) is 6.19. The molecule has 1 unspecified atom stereocenters. The number of H-pyrrole nitrogens is 1. The third-order valence-electron chi connectivity index (χ3n) is 2.65. The Hall–Kier alpha value is -1.24. The van der Waals surface area contributed by atoms with Gasteiger partial charge in [0.1, 0.15) is 0 Å². The third kappa shape index (κ3) is 4.56. The van der Waals surface area contributed by atoms with E-state index in [1.165, 1.54) is 12.4 Å². The third-order valence-corrected chi connectivity index (χ3v) is 2.65. The van der Waals surface area contributed by atoms with E-state index in [1.807, 2.05) is 0 Å². The van der Waals surface area contributed by atoms with Crippen LogP contribution in [0.5, 0.6) is 0 Å². The van der Waals surface area contributed by atoms with Gasteiger partial charge in [-0.15, -0.1) is 0 Å². The highest BCUT2D eigenvalue weighted by atomic mass is 16.7. The Morgan fingerprint density at radius 1 is 1.44 bits per heavy atom. The van der Waals surface area contributed by atoms with Gasteiger partial charge in [0.15, 0.2) is 6.29 Å². The smallest absolute Gasteiger partial charge is 0.250 e. The molecule has 1 fully saturated rings. The van der Waals surface area contributed by atoms with Gasteiger partial charge in [0.05, 0.1) is 31.8 Å². The monoisotopic (exact) mass is 254 g/mol. The van der Waals surface area contributed by atoms with Gasteiger partial charge in [-0.25, -0.2) is 4.98 Å². The zero-order valence-corrected chi connectivity index (χ0v) is 10.3. The first-order chi connectivity index (χ1) is 8.84. The number of aromatic amines is 1. The highest BCUT2D eigenvalue weighted by Crippen LogP contribution is 2.13. The second-order valence-corrected chi connectivity index (χ2v) is 4.12. The summed E-state index contributed by atoms with van der Waals surface area (Å²) in [5, 5.41) is 0. The summed E-state index contributed by atoms with van der Waals surface area (Å²) >= 11 is 0. The Bertz CT molecular complexity index is 401. The van der Waals surface area contributed by atoms with E-state index in [2.05, 4.69) is 9.97 Å². The molecule has 1 aromatic rings. The topological polar surface area (TPSA) is 73.4 Å². The van der Waals surface area contributed by atoms with Gasteiger partial charge >= 0.3 is 0 Å². The molecule has 2 rings (SSSR count). The molecule has 6 heteroatoms. The van der Waals surface area contributed by atoms with Gasteiger partial charge in [-0.1, -0.05) is 0 Å². The molecule has 6 nitrogen and oxygen atoms in total. The minimum atomic E-state index is -0.171. The van der Waals surface area contributed by atoms with Crippen molar-refractivity contribution in [3.63, 3.8) is 0 Å². The van der Waals surface area contributed by atoms with Crippen molar-refractivity contribution in [2.75, 3.05) is 19.8 Å². The lowest BCUT2D eigenvalue weighted by molar-refractivity contribution is -0.169. The predicted molar refractivity (Wildman–Crippen MR) is 64.1 cm³/mol. The van der Waals surface area contributed by atoms with E-state index in [9.17, 15) is 4.79 Å². The summed E-state index contributed by atoms with van der Waals surface area (Å²) in [6.07, 6.45) is 4.51. The van der Waals surface area contributed by atoms with Crippen molar-refractivity contribution in [3.05, 3.63) is 28.4 Å². The molecule has 1 saturated heterocycles. The summed E-state index contributed by atoms with van der Waals surface area (Å²) in [6, 6.07) is 1.42. The Labute approximate surface area is 105 Å². The fourth-order valence-electron chi connectivity index (χ4n) is 1.75. The highest BCUT2D eigenvalue weighted by molar-refractivity contribution is 4.95. The molecule has 100 valence electrons. The number of nitrogens with one attached hydrogen (secondary N) is 1. The molecule has 0 aromatic carbocycles. The van der Waals surface area contributed by atoms with E-state index in [4.69, 9.17) is 14.2 Å². The fraction of sp³-hybridized carbons (Fsp3) is 0.667. The maximum atomic E-state index is 11.0. The largest absolute Gasteiger partial charge is 0.373 e.